The number of carbonyl (C=O) groups excluding carboxylic acids is 1. The lowest BCUT2D eigenvalue weighted by molar-refractivity contribution is 0.00191. The van der Waals surface area contributed by atoms with E-state index in [1.54, 1.807) is 0 Å². The van der Waals surface area contributed by atoms with Gasteiger partial charge in [0.1, 0.15) is 12.4 Å². The van der Waals surface area contributed by atoms with Crippen LogP contribution < -0.4 is 10.1 Å². The standard InChI is InChI=1S/C25H34N2O3/c1-3-20(4-2)24(27-14-16-29-17-15-27)18-26-25(28)23-13-9-8-10-21(23)19-30-22-11-6-5-7-12-22/h5-13,20,24H,3-4,14-19H2,1-2H3,(H,26,28). The predicted molar refractivity (Wildman–Crippen MR) is 120 cm³/mol. The minimum absolute atomic E-state index is 0.0357. The maximum absolute atomic E-state index is 13.1. The molecule has 0 radical (unpaired) electrons. The Labute approximate surface area is 180 Å². The number of hydrogen-bond donors (Lipinski definition) is 1. The zero-order chi connectivity index (χ0) is 21.2. The van der Waals surface area contributed by atoms with Crippen LogP contribution in [-0.2, 0) is 11.3 Å². The number of nitrogens with one attached hydrogen (secondary N) is 1. The number of amides is 1. The van der Waals surface area contributed by atoms with Gasteiger partial charge in [-0.15, -0.1) is 0 Å². The Morgan fingerprint density at radius 3 is 2.40 bits per heavy atom. The topological polar surface area (TPSA) is 50.8 Å². The van der Waals surface area contributed by atoms with Gasteiger partial charge in [0.15, 0.2) is 0 Å². The number of carbonyl (C=O) groups is 1. The lowest BCUT2D eigenvalue weighted by Gasteiger charge is -2.38. The van der Waals surface area contributed by atoms with Gasteiger partial charge in [0.25, 0.3) is 5.91 Å². The summed E-state index contributed by atoms with van der Waals surface area (Å²) in [6, 6.07) is 17.7. The van der Waals surface area contributed by atoms with Gasteiger partial charge in [0, 0.05) is 36.8 Å². The summed E-state index contributed by atoms with van der Waals surface area (Å²) in [5, 5.41) is 3.21. The molecule has 1 saturated heterocycles. The van der Waals surface area contributed by atoms with Crippen LogP contribution in [0.2, 0.25) is 0 Å². The monoisotopic (exact) mass is 410 g/mol. The second kappa shape index (κ2) is 11.7. The number of benzene rings is 2. The summed E-state index contributed by atoms with van der Waals surface area (Å²) >= 11 is 0. The van der Waals surface area contributed by atoms with Crippen LogP contribution in [0.1, 0.15) is 42.6 Å². The van der Waals surface area contributed by atoms with Crippen LogP contribution in [0.15, 0.2) is 54.6 Å². The molecule has 5 nitrogen and oxygen atoms in total. The molecule has 1 unspecified atom stereocenters. The third-order valence-electron chi connectivity index (χ3n) is 5.98. The van der Waals surface area contributed by atoms with Gasteiger partial charge in [-0.2, -0.15) is 0 Å². The molecule has 1 N–H and O–H groups in total. The highest BCUT2D eigenvalue weighted by atomic mass is 16.5. The number of ether oxygens (including phenoxy) is 2. The molecule has 0 aliphatic carbocycles. The second-order valence-corrected chi connectivity index (χ2v) is 7.76. The molecule has 0 spiro atoms. The van der Waals surface area contributed by atoms with Crippen molar-refractivity contribution in [2.75, 3.05) is 32.8 Å². The Balaban J connectivity index is 1.65. The van der Waals surface area contributed by atoms with E-state index in [0.717, 1.165) is 50.5 Å². The van der Waals surface area contributed by atoms with Crippen molar-refractivity contribution in [2.24, 2.45) is 5.92 Å². The van der Waals surface area contributed by atoms with Crippen LogP contribution in [0.3, 0.4) is 0 Å². The number of morpholine rings is 1. The fourth-order valence-corrected chi connectivity index (χ4v) is 4.17. The molecule has 5 heteroatoms. The molecule has 0 aromatic heterocycles. The Bertz CT molecular complexity index is 771. The van der Waals surface area contributed by atoms with Gasteiger partial charge in [-0.05, 0) is 24.1 Å². The van der Waals surface area contributed by atoms with Gasteiger partial charge in [0.05, 0.1) is 13.2 Å². The summed E-state index contributed by atoms with van der Waals surface area (Å²) in [6.07, 6.45) is 2.21. The summed E-state index contributed by atoms with van der Waals surface area (Å²) in [5.74, 6) is 1.32. The Morgan fingerprint density at radius 2 is 1.70 bits per heavy atom. The van der Waals surface area contributed by atoms with Crippen molar-refractivity contribution in [3.63, 3.8) is 0 Å². The summed E-state index contributed by atoms with van der Waals surface area (Å²) in [4.78, 5) is 15.5. The first kappa shape index (κ1) is 22.3. The van der Waals surface area contributed by atoms with Gasteiger partial charge >= 0.3 is 0 Å². The zero-order valence-corrected chi connectivity index (χ0v) is 18.2. The average Bonchev–Trinajstić information content (AvgIpc) is 2.81. The van der Waals surface area contributed by atoms with E-state index < -0.39 is 0 Å². The van der Waals surface area contributed by atoms with Crippen LogP contribution in [-0.4, -0.2) is 49.7 Å². The van der Waals surface area contributed by atoms with Crippen LogP contribution >= 0.6 is 0 Å². The van der Waals surface area contributed by atoms with E-state index in [0.29, 0.717) is 30.7 Å². The van der Waals surface area contributed by atoms with E-state index >= 15 is 0 Å². The molecule has 1 fully saturated rings. The Kier molecular flexibility index (Phi) is 8.72. The normalized spacial score (nSPS) is 15.7. The first-order chi connectivity index (χ1) is 14.7. The summed E-state index contributed by atoms with van der Waals surface area (Å²) < 4.78 is 11.4. The van der Waals surface area contributed by atoms with Crippen LogP contribution in [0.5, 0.6) is 5.75 Å². The molecule has 30 heavy (non-hydrogen) atoms. The molecule has 1 aliphatic rings. The molecule has 2 aromatic carbocycles. The third kappa shape index (κ3) is 6.07. The van der Waals surface area contributed by atoms with E-state index in [9.17, 15) is 4.79 Å². The minimum Gasteiger partial charge on any atom is -0.489 e. The molecule has 2 aromatic rings. The molecule has 1 aliphatic heterocycles. The quantitative estimate of drug-likeness (QED) is 0.640. The van der Waals surface area contributed by atoms with Crippen molar-refractivity contribution >= 4 is 5.91 Å². The van der Waals surface area contributed by atoms with Crippen LogP contribution in [0, 0.1) is 5.92 Å². The zero-order valence-electron chi connectivity index (χ0n) is 18.2. The maximum atomic E-state index is 13.1. The fourth-order valence-electron chi connectivity index (χ4n) is 4.17. The van der Waals surface area contributed by atoms with Crippen molar-refractivity contribution in [3.8, 4) is 5.75 Å². The van der Waals surface area contributed by atoms with Crippen molar-refractivity contribution in [3.05, 3.63) is 65.7 Å². The maximum Gasteiger partial charge on any atom is 0.251 e. The average molecular weight is 411 g/mol. The first-order valence-electron chi connectivity index (χ1n) is 11.1. The lowest BCUT2D eigenvalue weighted by Crippen LogP contribution is -2.52. The largest absolute Gasteiger partial charge is 0.489 e. The van der Waals surface area contributed by atoms with Gasteiger partial charge < -0.3 is 14.8 Å². The number of nitrogens with zero attached hydrogens (tertiary/aromatic N) is 1. The highest BCUT2D eigenvalue weighted by Crippen LogP contribution is 2.20. The van der Waals surface area contributed by atoms with Crippen molar-refractivity contribution in [1.29, 1.82) is 0 Å². The number of hydrogen-bond acceptors (Lipinski definition) is 4. The van der Waals surface area contributed by atoms with E-state index in [-0.39, 0.29) is 5.91 Å². The molecular weight excluding hydrogens is 376 g/mol. The molecule has 0 saturated carbocycles. The van der Waals surface area contributed by atoms with Crippen molar-refractivity contribution < 1.29 is 14.3 Å². The highest BCUT2D eigenvalue weighted by molar-refractivity contribution is 5.95. The van der Waals surface area contributed by atoms with E-state index in [1.165, 1.54) is 0 Å². The van der Waals surface area contributed by atoms with Crippen molar-refractivity contribution in [2.45, 2.75) is 39.3 Å². The smallest absolute Gasteiger partial charge is 0.251 e. The number of para-hydroxylation sites is 1. The molecule has 3 rings (SSSR count). The molecule has 1 atom stereocenters. The Morgan fingerprint density at radius 1 is 1.03 bits per heavy atom. The number of rotatable bonds is 10. The van der Waals surface area contributed by atoms with E-state index in [4.69, 9.17) is 9.47 Å². The fraction of sp³-hybridized carbons (Fsp3) is 0.480. The Hall–Kier alpha value is -2.37. The highest BCUT2D eigenvalue weighted by Gasteiger charge is 2.27. The summed E-state index contributed by atoms with van der Waals surface area (Å²) in [5.41, 5.74) is 1.57. The summed E-state index contributed by atoms with van der Waals surface area (Å²) in [6.45, 7) is 8.89. The molecule has 162 valence electrons. The van der Waals surface area contributed by atoms with Gasteiger partial charge in [-0.1, -0.05) is 63.1 Å². The lowest BCUT2D eigenvalue weighted by atomic mass is 9.92. The summed E-state index contributed by atoms with van der Waals surface area (Å²) in [7, 11) is 0. The van der Waals surface area contributed by atoms with E-state index in [2.05, 4.69) is 24.1 Å². The first-order valence-corrected chi connectivity index (χ1v) is 11.1. The van der Waals surface area contributed by atoms with Gasteiger partial charge in [-0.3, -0.25) is 9.69 Å². The van der Waals surface area contributed by atoms with Crippen LogP contribution in [0.25, 0.3) is 0 Å². The van der Waals surface area contributed by atoms with Crippen LogP contribution in [0.4, 0.5) is 0 Å². The van der Waals surface area contributed by atoms with Gasteiger partial charge in [-0.25, -0.2) is 0 Å². The van der Waals surface area contributed by atoms with Crippen molar-refractivity contribution in [1.82, 2.24) is 10.2 Å². The predicted octanol–water partition coefficient (Wildman–Crippen LogP) is 4.13. The second-order valence-electron chi connectivity index (χ2n) is 7.76. The molecule has 1 heterocycles. The van der Waals surface area contributed by atoms with Gasteiger partial charge in [0.2, 0.25) is 0 Å². The molecular formula is C25H34N2O3. The minimum atomic E-state index is -0.0357. The van der Waals surface area contributed by atoms with E-state index in [1.807, 2.05) is 54.6 Å². The SMILES string of the molecule is CCC(CC)C(CNC(=O)c1ccccc1COc1ccccc1)N1CCOCC1. The third-order valence-corrected chi connectivity index (χ3v) is 5.98. The molecule has 1 amide bonds. The molecule has 0 bridgehead atoms.